The summed E-state index contributed by atoms with van der Waals surface area (Å²) in [4.78, 5) is 20.4. The number of nitrogens with zero attached hydrogens (tertiary/aromatic N) is 3. The molecular weight excluding hydrogens is 345 g/mol. The van der Waals surface area contributed by atoms with Crippen LogP contribution in [0.2, 0.25) is 0 Å². The standard InChI is InChI=1S/C14H21F3N4O2S/c15-14(16,17)10-23-7-1-2-20-3-5-21(6-4-20)13(22)11-9-24-12(8-18)19-11/h9H,1-8,10,18H2. The summed E-state index contributed by atoms with van der Waals surface area (Å²) in [6, 6.07) is 0. The van der Waals surface area contributed by atoms with Crippen LogP contribution in [0.15, 0.2) is 5.38 Å². The Hall–Kier alpha value is -1.23. The van der Waals surface area contributed by atoms with Crippen LogP contribution in [0.3, 0.4) is 0 Å². The summed E-state index contributed by atoms with van der Waals surface area (Å²) < 4.78 is 40.4. The molecule has 1 saturated heterocycles. The Morgan fingerprint density at radius 3 is 2.62 bits per heavy atom. The quantitative estimate of drug-likeness (QED) is 0.737. The number of alkyl halides is 3. The molecule has 24 heavy (non-hydrogen) atoms. The topological polar surface area (TPSA) is 71.7 Å². The Labute approximate surface area is 142 Å². The van der Waals surface area contributed by atoms with Crippen LogP contribution in [0.4, 0.5) is 13.2 Å². The fraction of sp³-hybridized carbons (Fsp3) is 0.714. The first-order valence-electron chi connectivity index (χ1n) is 7.69. The Bertz CT molecular complexity index is 530. The van der Waals surface area contributed by atoms with E-state index in [1.54, 1.807) is 10.3 Å². The minimum atomic E-state index is -4.27. The van der Waals surface area contributed by atoms with Gasteiger partial charge in [-0.05, 0) is 6.42 Å². The molecule has 0 unspecified atom stereocenters. The molecule has 1 amide bonds. The molecule has 2 heterocycles. The molecule has 0 spiro atoms. The Kier molecular flexibility index (Phi) is 6.96. The van der Waals surface area contributed by atoms with Gasteiger partial charge in [0.15, 0.2) is 0 Å². The highest BCUT2D eigenvalue weighted by Crippen LogP contribution is 2.15. The normalized spacial score (nSPS) is 16.6. The molecule has 0 atom stereocenters. The SMILES string of the molecule is NCc1nc(C(=O)N2CCN(CCCOCC(F)(F)F)CC2)cs1. The zero-order valence-corrected chi connectivity index (χ0v) is 14.0. The van der Waals surface area contributed by atoms with Crippen molar-refractivity contribution in [3.05, 3.63) is 16.1 Å². The van der Waals surface area contributed by atoms with Crippen LogP contribution in [-0.2, 0) is 11.3 Å². The second-order valence-electron chi connectivity index (χ2n) is 5.49. The summed E-state index contributed by atoms with van der Waals surface area (Å²) >= 11 is 1.37. The van der Waals surface area contributed by atoms with E-state index in [0.29, 0.717) is 51.4 Å². The third kappa shape index (κ3) is 6.00. The van der Waals surface area contributed by atoms with E-state index in [2.05, 4.69) is 14.6 Å². The van der Waals surface area contributed by atoms with Crippen molar-refractivity contribution in [1.29, 1.82) is 0 Å². The fourth-order valence-electron chi connectivity index (χ4n) is 2.42. The minimum absolute atomic E-state index is 0.0827. The Morgan fingerprint density at radius 2 is 2.04 bits per heavy atom. The first-order chi connectivity index (χ1) is 11.4. The second-order valence-corrected chi connectivity index (χ2v) is 6.43. The average Bonchev–Trinajstić information content (AvgIpc) is 3.02. The van der Waals surface area contributed by atoms with Gasteiger partial charge in [0, 0.05) is 51.3 Å². The molecule has 0 aliphatic carbocycles. The molecule has 2 rings (SSSR count). The molecule has 6 nitrogen and oxygen atoms in total. The van der Waals surface area contributed by atoms with Crippen LogP contribution < -0.4 is 5.73 Å². The molecule has 136 valence electrons. The molecule has 2 N–H and O–H groups in total. The molecule has 1 fully saturated rings. The van der Waals surface area contributed by atoms with Crippen molar-refractivity contribution in [2.75, 3.05) is 45.9 Å². The van der Waals surface area contributed by atoms with Gasteiger partial charge < -0.3 is 15.4 Å². The van der Waals surface area contributed by atoms with Crippen LogP contribution in [0.1, 0.15) is 21.9 Å². The maximum atomic E-state index is 12.3. The molecule has 0 saturated carbocycles. The number of rotatable bonds is 7. The zero-order valence-electron chi connectivity index (χ0n) is 13.2. The third-order valence-corrected chi connectivity index (χ3v) is 4.50. The van der Waals surface area contributed by atoms with Gasteiger partial charge in [-0.15, -0.1) is 11.3 Å². The van der Waals surface area contributed by atoms with Gasteiger partial charge in [0.05, 0.1) is 0 Å². The summed E-state index contributed by atoms with van der Waals surface area (Å²) in [5.41, 5.74) is 5.92. The molecule has 1 aromatic rings. The maximum Gasteiger partial charge on any atom is 0.411 e. The third-order valence-electron chi connectivity index (χ3n) is 3.63. The maximum absolute atomic E-state index is 12.3. The minimum Gasteiger partial charge on any atom is -0.372 e. The number of nitrogens with two attached hydrogens (primary N) is 1. The number of piperazine rings is 1. The average molecular weight is 366 g/mol. The highest BCUT2D eigenvalue weighted by Gasteiger charge is 2.27. The monoisotopic (exact) mass is 366 g/mol. The molecule has 1 aliphatic heterocycles. The van der Waals surface area contributed by atoms with E-state index in [-0.39, 0.29) is 12.5 Å². The van der Waals surface area contributed by atoms with Crippen LogP contribution >= 0.6 is 11.3 Å². The lowest BCUT2D eigenvalue weighted by Gasteiger charge is -2.34. The van der Waals surface area contributed by atoms with E-state index in [0.717, 1.165) is 5.01 Å². The van der Waals surface area contributed by atoms with E-state index in [9.17, 15) is 18.0 Å². The summed E-state index contributed by atoms with van der Waals surface area (Å²) in [6.07, 6.45) is -3.73. The van der Waals surface area contributed by atoms with Crippen molar-refractivity contribution < 1.29 is 22.7 Å². The Balaban J connectivity index is 1.65. The number of halogens is 3. The molecule has 1 aliphatic rings. The number of hydrogen-bond acceptors (Lipinski definition) is 6. The number of carbonyl (C=O) groups excluding carboxylic acids is 1. The lowest BCUT2D eigenvalue weighted by Crippen LogP contribution is -2.49. The molecule has 0 aromatic carbocycles. The summed E-state index contributed by atoms with van der Waals surface area (Å²) in [5, 5.41) is 2.45. The van der Waals surface area contributed by atoms with Crippen LogP contribution in [0.5, 0.6) is 0 Å². The largest absolute Gasteiger partial charge is 0.411 e. The summed E-state index contributed by atoms with van der Waals surface area (Å²) in [7, 11) is 0. The van der Waals surface area contributed by atoms with Gasteiger partial charge in [0.2, 0.25) is 0 Å². The van der Waals surface area contributed by atoms with Gasteiger partial charge >= 0.3 is 6.18 Å². The van der Waals surface area contributed by atoms with Crippen molar-refractivity contribution >= 4 is 17.2 Å². The number of ether oxygens (including phenoxy) is 1. The van der Waals surface area contributed by atoms with Crippen molar-refractivity contribution in [3.63, 3.8) is 0 Å². The van der Waals surface area contributed by atoms with Crippen molar-refractivity contribution in [2.45, 2.75) is 19.1 Å². The van der Waals surface area contributed by atoms with Gasteiger partial charge in [0.1, 0.15) is 17.3 Å². The first-order valence-corrected chi connectivity index (χ1v) is 8.57. The molecule has 0 bridgehead atoms. The number of carbonyl (C=O) groups is 1. The molecule has 1 aromatic heterocycles. The number of thiazole rings is 1. The zero-order chi connectivity index (χ0) is 17.6. The lowest BCUT2D eigenvalue weighted by molar-refractivity contribution is -0.174. The van der Waals surface area contributed by atoms with Gasteiger partial charge in [-0.2, -0.15) is 13.2 Å². The van der Waals surface area contributed by atoms with E-state index >= 15 is 0 Å². The van der Waals surface area contributed by atoms with Gasteiger partial charge in [-0.1, -0.05) is 0 Å². The highest BCUT2D eigenvalue weighted by molar-refractivity contribution is 7.09. The number of amides is 1. The lowest BCUT2D eigenvalue weighted by atomic mass is 10.2. The predicted octanol–water partition coefficient (Wildman–Crippen LogP) is 1.33. The van der Waals surface area contributed by atoms with Gasteiger partial charge in [-0.25, -0.2) is 4.98 Å². The Morgan fingerprint density at radius 1 is 1.33 bits per heavy atom. The number of aromatic nitrogens is 1. The van der Waals surface area contributed by atoms with Crippen molar-refractivity contribution in [1.82, 2.24) is 14.8 Å². The van der Waals surface area contributed by atoms with E-state index in [1.165, 1.54) is 11.3 Å². The van der Waals surface area contributed by atoms with Crippen LogP contribution in [0.25, 0.3) is 0 Å². The van der Waals surface area contributed by atoms with Gasteiger partial charge in [-0.3, -0.25) is 9.69 Å². The molecular formula is C14H21F3N4O2S. The second kappa shape index (κ2) is 8.75. The van der Waals surface area contributed by atoms with E-state index in [1.807, 2.05) is 0 Å². The fourth-order valence-corrected chi connectivity index (χ4v) is 3.07. The van der Waals surface area contributed by atoms with Crippen LogP contribution in [0, 0.1) is 0 Å². The van der Waals surface area contributed by atoms with E-state index in [4.69, 9.17) is 5.73 Å². The summed E-state index contributed by atoms with van der Waals surface area (Å²) in [6.45, 7) is 2.41. The highest BCUT2D eigenvalue weighted by atomic mass is 32.1. The first kappa shape index (κ1) is 19.1. The summed E-state index contributed by atoms with van der Waals surface area (Å²) in [5.74, 6) is -0.0980. The van der Waals surface area contributed by atoms with Crippen molar-refractivity contribution in [3.8, 4) is 0 Å². The van der Waals surface area contributed by atoms with E-state index < -0.39 is 12.8 Å². The smallest absolute Gasteiger partial charge is 0.372 e. The molecule has 10 heteroatoms. The van der Waals surface area contributed by atoms with Crippen molar-refractivity contribution in [2.24, 2.45) is 5.73 Å². The molecule has 0 radical (unpaired) electrons. The number of hydrogen-bond donors (Lipinski definition) is 1. The van der Waals surface area contributed by atoms with Crippen LogP contribution in [-0.4, -0.2) is 72.8 Å². The van der Waals surface area contributed by atoms with Gasteiger partial charge in [0.25, 0.3) is 5.91 Å². The predicted molar refractivity (Wildman–Crippen MR) is 83.8 cm³/mol.